The Bertz CT molecular complexity index is 517. The first-order valence-electron chi connectivity index (χ1n) is 5.15. The van der Waals surface area contributed by atoms with Crippen molar-refractivity contribution in [2.75, 3.05) is 17.8 Å². The number of pyridine rings is 1. The molecule has 0 fully saturated rings. The number of thioether (sulfide) groups is 1. The highest BCUT2D eigenvalue weighted by Gasteiger charge is 2.06. The summed E-state index contributed by atoms with van der Waals surface area (Å²) in [5, 5.41) is 0. The van der Waals surface area contributed by atoms with Crippen LogP contribution in [0.5, 0.6) is 0 Å². The first-order valence-corrected chi connectivity index (χ1v) is 8.36. The third kappa shape index (κ3) is 5.48. The maximum absolute atomic E-state index is 11.2. The Balaban J connectivity index is 2.50. The van der Waals surface area contributed by atoms with E-state index >= 15 is 0 Å². The molecule has 0 unspecified atom stereocenters. The van der Waals surface area contributed by atoms with Gasteiger partial charge < -0.3 is 0 Å². The van der Waals surface area contributed by atoms with Gasteiger partial charge in [0.25, 0.3) is 5.91 Å². The molecule has 100 valence electrons. The number of nitrogens with two attached hydrogens (primary N) is 1. The number of carbonyl (C=O) groups excluding carboxylic acids is 1. The van der Waals surface area contributed by atoms with Crippen molar-refractivity contribution in [3.63, 3.8) is 0 Å². The van der Waals surface area contributed by atoms with E-state index in [9.17, 15) is 13.2 Å². The highest BCUT2D eigenvalue weighted by molar-refractivity contribution is 7.99. The quantitative estimate of drug-likeness (QED) is 0.330. The molecule has 1 heterocycles. The van der Waals surface area contributed by atoms with E-state index in [1.807, 2.05) is 5.43 Å². The highest BCUT2D eigenvalue weighted by atomic mass is 32.2. The molecular formula is C10H15N3O3S2. The van der Waals surface area contributed by atoms with Crippen LogP contribution in [0.1, 0.15) is 16.2 Å². The number of hydrogen-bond donors (Lipinski definition) is 2. The molecule has 1 rings (SSSR count). The number of aromatic nitrogens is 1. The van der Waals surface area contributed by atoms with Gasteiger partial charge >= 0.3 is 0 Å². The van der Waals surface area contributed by atoms with Gasteiger partial charge in [0, 0.05) is 17.8 Å². The number of nitrogens with zero attached hydrogens (tertiary/aromatic N) is 1. The van der Waals surface area contributed by atoms with Crippen LogP contribution in [0.2, 0.25) is 0 Å². The van der Waals surface area contributed by atoms with Gasteiger partial charge in [-0.25, -0.2) is 19.2 Å². The van der Waals surface area contributed by atoms with Crippen LogP contribution in [-0.4, -0.2) is 37.1 Å². The van der Waals surface area contributed by atoms with Crippen molar-refractivity contribution in [2.45, 2.75) is 5.75 Å². The first-order chi connectivity index (χ1) is 8.42. The van der Waals surface area contributed by atoms with Crippen molar-refractivity contribution in [2.24, 2.45) is 5.84 Å². The number of rotatable bonds is 6. The molecular weight excluding hydrogens is 274 g/mol. The predicted molar refractivity (Wildman–Crippen MR) is 71.8 cm³/mol. The van der Waals surface area contributed by atoms with Gasteiger partial charge in [-0.3, -0.25) is 10.2 Å². The van der Waals surface area contributed by atoms with E-state index in [-0.39, 0.29) is 11.4 Å². The van der Waals surface area contributed by atoms with Crippen LogP contribution in [0, 0.1) is 0 Å². The topological polar surface area (TPSA) is 102 Å². The fraction of sp³-hybridized carbons (Fsp3) is 0.400. The van der Waals surface area contributed by atoms with Crippen LogP contribution in [0.3, 0.4) is 0 Å². The normalized spacial score (nSPS) is 11.2. The summed E-state index contributed by atoms with van der Waals surface area (Å²) in [5.74, 6) is 5.77. The molecule has 0 aliphatic heterocycles. The summed E-state index contributed by atoms with van der Waals surface area (Å²) in [4.78, 5) is 15.4. The molecule has 0 atom stereocenters. The Labute approximate surface area is 110 Å². The largest absolute Gasteiger partial charge is 0.289 e. The van der Waals surface area contributed by atoms with E-state index in [4.69, 9.17) is 5.84 Å². The molecule has 0 saturated carbocycles. The summed E-state index contributed by atoms with van der Waals surface area (Å²) >= 11 is 1.46. The maximum Gasteiger partial charge on any atom is 0.283 e. The summed E-state index contributed by atoms with van der Waals surface area (Å²) in [7, 11) is -2.93. The molecule has 0 saturated heterocycles. The van der Waals surface area contributed by atoms with Crippen LogP contribution in [0.15, 0.2) is 18.2 Å². The van der Waals surface area contributed by atoms with E-state index in [1.165, 1.54) is 18.0 Å². The van der Waals surface area contributed by atoms with Crippen molar-refractivity contribution >= 4 is 27.5 Å². The van der Waals surface area contributed by atoms with E-state index < -0.39 is 15.7 Å². The maximum atomic E-state index is 11.2. The second kappa shape index (κ2) is 6.72. The Kier molecular flexibility index (Phi) is 5.57. The van der Waals surface area contributed by atoms with E-state index in [0.29, 0.717) is 11.5 Å². The Hall–Kier alpha value is -1.12. The predicted octanol–water partition coefficient (Wildman–Crippen LogP) is -0.0371. The average molecular weight is 289 g/mol. The van der Waals surface area contributed by atoms with Crippen LogP contribution < -0.4 is 11.3 Å². The molecule has 18 heavy (non-hydrogen) atoms. The molecule has 0 aliphatic rings. The molecule has 1 aromatic heterocycles. The smallest absolute Gasteiger partial charge is 0.283 e. The Morgan fingerprint density at radius 2 is 2.22 bits per heavy atom. The van der Waals surface area contributed by atoms with Crippen LogP contribution in [0.4, 0.5) is 0 Å². The minimum Gasteiger partial charge on any atom is -0.289 e. The summed E-state index contributed by atoms with van der Waals surface area (Å²) in [6.45, 7) is 0. The van der Waals surface area contributed by atoms with Crippen LogP contribution in [0.25, 0.3) is 0 Å². The number of nitrogens with one attached hydrogen (secondary N) is 1. The summed E-state index contributed by atoms with van der Waals surface area (Å²) in [6.07, 6.45) is 1.21. The van der Waals surface area contributed by atoms with Crippen molar-refractivity contribution in [3.8, 4) is 0 Å². The fourth-order valence-corrected chi connectivity index (χ4v) is 3.34. The minimum atomic E-state index is -2.93. The van der Waals surface area contributed by atoms with Gasteiger partial charge in [-0.2, -0.15) is 11.8 Å². The monoisotopic (exact) mass is 289 g/mol. The minimum absolute atomic E-state index is 0.140. The van der Waals surface area contributed by atoms with Gasteiger partial charge in [-0.1, -0.05) is 6.07 Å². The zero-order chi connectivity index (χ0) is 13.6. The fourth-order valence-electron chi connectivity index (χ4n) is 1.15. The molecule has 1 amide bonds. The molecule has 0 radical (unpaired) electrons. The highest BCUT2D eigenvalue weighted by Crippen LogP contribution is 2.11. The molecule has 0 spiro atoms. The standard InChI is InChI=1S/C10H15N3O3S2/c1-18(15,16)6-5-17-7-8-3-2-4-9(12-8)10(14)13-11/h2-4H,5-7,11H2,1H3,(H,13,14). The molecule has 1 aromatic rings. The molecule has 0 bridgehead atoms. The molecule has 3 N–H and O–H groups in total. The number of hydrogen-bond acceptors (Lipinski definition) is 6. The summed E-state index contributed by atoms with van der Waals surface area (Å²) in [6, 6.07) is 5.05. The number of carbonyl (C=O) groups is 1. The molecule has 8 heteroatoms. The van der Waals surface area contributed by atoms with E-state index in [2.05, 4.69) is 4.98 Å². The van der Waals surface area contributed by atoms with Gasteiger partial charge in [0.15, 0.2) is 0 Å². The van der Waals surface area contributed by atoms with Gasteiger partial charge in [-0.15, -0.1) is 0 Å². The SMILES string of the molecule is CS(=O)(=O)CCSCc1cccc(C(=O)NN)n1. The number of amides is 1. The Morgan fingerprint density at radius 1 is 1.50 bits per heavy atom. The third-order valence-electron chi connectivity index (χ3n) is 2.02. The van der Waals surface area contributed by atoms with Crippen molar-refractivity contribution in [3.05, 3.63) is 29.6 Å². The molecule has 0 aromatic carbocycles. The number of hydrazine groups is 1. The van der Waals surface area contributed by atoms with Gasteiger partial charge in [-0.05, 0) is 12.1 Å². The zero-order valence-corrected chi connectivity index (χ0v) is 11.6. The van der Waals surface area contributed by atoms with Gasteiger partial charge in [0.1, 0.15) is 15.5 Å². The summed E-state index contributed by atoms with van der Waals surface area (Å²) in [5.41, 5.74) is 2.97. The van der Waals surface area contributed by atoms with Crippen molar-refractivity contribution < 1.29 is 13.2 Å². The van der Waals surface area contributed by atoms with E-state index in [1.54, 1.807) is 18.2 Å². The van der Waals surface area contributed by atoms with Crippen molar-refractivity contribution in [1.29, 1.82) is 0 Å². The lowest BCUT2D eigenvalue weighted by atomic mass is 10.3. The van der Waals surface area contributed by atoms with Crippen LogP contribution in [-0.2, 0) is 15.6 Å². The Morgan fingerprint density at radius 3 is 2.83 bits per heavy atom. The lowest BCUT2D eigenvalue weighted by molar-refractivity contribution is 0.0948. The van der Waals surface area contributed by atoms with Gasteiger partial charge in [0.2, 0.25) is 0 Å². The zero-order valence-electron chi connectivity index (χ0n) is 9.92. The second-order valence-corrected chi connectivity index (χ2v) is 7.04. The lowest BCUT2D eigenvalue weighted by Gasteiger charge is -2.03. The first kappa shape index (κ1) is 14.9. The van der Waals surface area contributed by atoms with Crippen LogP contribution >= 0.6 is 11.8 Å². The number of nitrogen functional groups attached to an aromatic ring is 1. The summed E-state index contributed by atoms with van der Waals surface area (Å²) < 4.78 is 21.9. The molecule has 6 nitrogen and oxygen atoms in total. The van der Waals surface area contributed by atoms with Crippen molar-refractivity contribution in [1.82, 2.24) is 10.4 Å². The molecule has 0 aliphatic carbocycles. The second-order valence-electron chi connectivity index (χ2n) is 3.67. The van der Waals surface area contributed by atoms with Gasteiger partial charge in [0.05, 0.1) is 11.4 Å². The number of sulfone groups is 1. The average Bonchev–Trinajstić information content (AvgIpc) is 2.33. The van der Waals surface area contributed by atoms with E-state index in [0.717, 1.165) is 5.69 Å². The lowest BCUT2D eigenvalue weighted by Crippen LogP contribution is -2.30. The third-order valence-corrected chi connectivity index (χ3v) is 4.22.